The third-order valence-electron chi connectivity index (χ3n) is 4.78. The molecule has 3 rings (SSSR count). The molecule has 0 unspecified atom stereocenters. The van der Waals surface area contributed by atoms with E-state index in [0.29, 0.717) is 5.75 Å². The molecular weight excluding hydrogens is 487 g/mol. The van der Waals surface area contributed by atoms with Crippen molar-refractivity contribution in [2.45, 2.75) is 11.8 Å². The first-order valence-corrected chi connectivity index (χ1v) is 11.9. The third kappa shape index (κ3) is 5.52. The smallest absolute Gasteiger partial charge is 0.264 e. The van der Waals surface area contributed by atoms with Gasteiger partial charge in [0.2, 0.25) is 5.91 Å². The molecule has 0 radical (unpaired) electrons. The van der Waals surface area contributed by atoms with Crippen molar-refractivity contribution in [2.75, 3.05) is 30.4 Å². The van der Waals surface area contributed by atoms with Crippen molar-refractivity contribution in [1.29, 1.82) is 0 Å². The largest absolute Gasteiger partial charge is 0.497 e. The molecule has 0 aliphatic rings. The Kier molecular flexibility index (Phi) is 7.73. The Balaban J connectivity index is 2.06. The van der Waals surface area contributed by atoms with Crippen molar-refractivity contribution >= 4 is 50.5 Å². The van der Waals surface area contributed by atoms with Gasteiger partial charge in [0.15, 0.2) is 0 Å². The van der Waals surface area contributed by atoms with Crippen molar-refractivity contribution in [2.24, 2.45) is 0 Å². The van der Waals surface area contributed by atoms with Gasteiger partial charge >= 0.3 is 0 Å². The number of rotatable bonds is 8. The van der Waals surface area contributed by atoms with Gasteiger partial charge in [0, 0.05) is 6.07 Å². The van der Waals surface area contributed by atoms with Crippen LogP contribution >= 0.6 is 23.2 Å². The zero-order valence-electron chi connectivity index (χ0n) is 18.1. The number of para-hydroxylation sites is 1. The van der Waals surface area contributed by atoms with Gasteiger partial charge in [-0.3, -0.25) is 9.10 Å². The number of ether oxygens (including phenoxy) is 2. The molecule has 3 aromatic rings. The van der Waals surface area contributed by atoms with Gasteiger partial charge in [-0.15, -0.1) is 0 Å². The van der Waals surface area contributed by atoms with E-state index >= 15 is 0 Å². The summed E-state index contributed by atoms with van der Waals surface area (Å²) in [6.45, 7) is 1.29. The molecule has 33 heavy (non-hydrogen) atoms. The van der Waals surface area contributed by atoms with Gasteiger partial charge in [-0.1, -0.05) is 47.0 Å². The Hall–Kier alpha value is -2.94. The SMILES string of the molecule is COc1ccc(N(CC(=O)Nc2c(Cl)cccc2Cl)S(=O)(=O)c2ccc(C)cc2)c(OC)c1. The minimum Gasteiger partial charge on any atom is -0.497 e. The van der Waals surface area contributed by atoms with Gasteiger partial charge < -0.3 is 14.8 Å². The zero-order valence-corrected chi connectivity index (χ0v) is 20.5. The van der Waals surface area contributed by atoms with E-state index in [4.69, 9.17) is 32.7 Å². The number of methoxy groups -OCH3 is 2. The highest BCUT2D eigenvalue weighted by molar-refractivity contribution is 7.92. The van der Waals surface area contributed by atoms with E-state index in [2.05, 4.69) is 5.32 Å². The average molecular weight is 509 g/mol. The molecule has 0 saturated heterocycles. The molecule has 0 aromatic heterocycles. The van der Waals surface area contributed by atoms with Crippen LogP contribution in [0.25, 0.3) is 0 Å². The van der Waals surface area contributed by atoms with Crippen LogP contribution in [-0.2, 0) is 14.8 Å². The van der Waals surface area contributed by atoms with Gasteiger partial charge in [-0.05, 0) is 43.3 Å². The molecule has 174 valence electrons. The summed E-state index contributed by atoms with van der Waals surface area (Å²) < 4.78 is 38.8. The molecule has 0 atom stereocenters. The first-order valence-electron chi connectivity index (χ1n) is 9.72. The lowest BCUT2D eigenvalue weighted by atomic mass is 10.2. The molecule has 0 heterocycles. The van der Waals surface area contributed by atoms with Crippen molar-refractivity contribution in [1.82, 2.24) is 0 Å². The standard InChI is InChI=1S/C23H22Cl2N2O5S/c1-15-7-10-17(11-8-15)33(29,30)27(20-12-9-16(31-2)13-21(20)32-3)14-22(28)26-23-18(24)5-4-6-19(23)25/h4-13H,14H2,1-3H3,(H,26,28). The molecule has 0 spiro atoms. The number of anilines is 2. The number of halogens is 2. The Morgan fingerprint density at radius 2 is 1.61 bits per heavy atom. The molecule has 0 aliphatic heterocycles. The first kappa shape index (κ1) is 24.7. The minimum absolute atomic E-state index is 0.0227. The van der Waals surface area contributed by atoms with Crippen molar-refractivity contribution in [3.8, 4) is 11.5 Å². The highest BCUT2D eigenvalue weighted by atomic mass is 35.5. The quantitative estimate of drug-likeness (QED) is 0.454. The second kappa shape index (κ2) is 10.3. The summed E-state index contributed by atoms with van der Waals surface area (Å²) in [4.78, 5) is 13.0. The number of benzene rings is 3. The minimum atomic E-state index is -4.14. The van der Waals surface area contributed by atoms with E-state index in [1.54, 1.807) is 36.4 Å². The van der Waals surface area contributed by atoms with Crippen LogP contribution in [0.15, 0.2) is 65.6 Å². The fourth-order valence-electron chi connectivity index (χ4n) is 3.05. The summed E-state index contributed by atoms with van der Waals surface area (Å²) in [5.74, 6) is 0.0442. The average Bonchev–Trinajstić information content (AvgIpc) is 2.80. The van der Waals surface area contributed by atoms with Crippen LogP contribution in [-0.4, -0.2) is 35.1 Å². The molecular formula is C23H22Cl2N2O5S. The van der Waals surface area contributed by atoms with Crippen LogP contribution < -0.4 is 19.1 Å². The Labute approximate surface area is 202 Å². The fourth-order valence-corrected chi connectivity index (χ4v) is 4.98. The van der Waals surface area contributed by atoms with Crippen LogP contribution in [0.3, 0.4) is 0 Å². The molecule has 1 N–H and O–H groups in total. The second-order valence-electron chi connectivity index (χ2n) is 7.01. The topological polar surface area (TPSA) is 84.9 Å². The lowest BCUT2D eigenvalue weighted by Crippen LogP contribution is -2.38. The van der Waals surface area contributed by atoms with Crippen molar-refractivity contribution in [3.05, 3.63) is 76.3 Å². The second-order valence-corrected chi connectivity index (χ2v) is 9.68. The number of hydrogen-bond acceptors (Lipinski definition) is 5. The summed E-state index contributed by atoms with van der Waals surface area (Å²) >= 11 is 12.3. The molecule has 0 bridgehead atoms. The van der Waals surface area contributed by atoms with E-state index in [1.165, 1.54) is 38.5 Å². The van der Waals surface area contributed by atoms with Crippen LogP contribution in [0.5, 0.6) is 11.5 Å². The maximum absolute atomic E-state index is 13.6. The van der Waals surface area contributed by atoms with Gasteiger partial charge in [-0.2, -0.15) is 0 Å². The Morgan fingerprint density at radius 3 is 2.18 bits per heavy atom. The Morgan fingerprint density at radius 1 is 0.970 bits per heavy atom. The number of carbonyl (C=O) groups excluding carboxylic acids is 1. The number of nitrogens with zero attached hydrogens (tertiary/aromatic N) is 1. The van der Waals surface area contributed by atoms with Crippen LogP contribution in [0, 0.1) is 6.92 Å². The van der Waals surface area contributed by atoms with Crippen LogP contribution in [0.1, 0.15) is 5.56 Å². The van der Waals surface area contributed by atoms with Crippen LogP contribution in [0.4, 0.5) is 11.4 Å². The maximum Gasteiger partial charge on any atom is 0.264 e. The third-order valence-corrected chi connectivity index (χ3v) is 7.18. The lowest BCUT2D eigenvalue weighted by molar-refractivity contribution is -0.114. The predicted molar refractivity (Wildman–Crippen MR) is 130 cm³/mol. The van der Waals surface area contributed by atoms with Gasteiger partial charge in [-0.25, -0.2) is 8.42 Å². The normalized spacial score (nSPS) is 11.1. The first-order chi connectivity index (χ1) is 15.7. The summed E-state index contributed by atoms with van der Waals surface area (Å²) in [5, 5.41) is 3.05. The van der Waals surface area contributed by atoms with E-state index in [0.717, 1.165) is 9.87 Å². The van der Waals surface area contributed by atoms with E-state index in [9.17, 15) is 13.2 Å². The van der Waals surface area contributed by atoms with E-state index < -0.39 is 22.5 Å². The summed E-state index contributed by atoms with van der Waals surface area (Å²) in [6, 6.07) is 15.7. The number of sulfonamides is 1. The molecule has 10 heteroatoms. The highest BCUT2D eigenvalue weighted by Gasteiger charge is 2.30. The number of hydrogen-bond donors (Lipinski definition) is 1. The van der Waals surface area contributed by atoms with Crippen molar-refractivity contribution in [3.63, 3.8) is 0 Å². The number of carbonyl (C=O) groups is 1. The maximum atomic E-state index is 13.6. The molecule has 0 aliphatic carbocycles. The molecule has 0 saturated carbocycles. The number of nitrogens with one attached hydrogen (secondary N) is 1. The summed E-state index contributed by atoms with van der Waals surface area (Å²) in [6.07, 6.45) is 0. The fraction of sp³-hybridized carbons (Fsp3) is 0.174. The summed E-state index contributed by atoms with van der Waals surface area (Å²) in [7, 11) is -1.26. The summed E-state index contributed by atoms with van der Waals surface area (Å²) in [5.41, 5.74) is 1.26. The van der Waals surface area contributed by atoms with Gasteiger partial charge in [0.1, 0.15) is 18.0 Å². The molecule has 0 fully saturated rings. The zero-order chi connectivity index (χ0) is 24.2. The lowest BCUT2D eigenvalue weighted by Gasteiger charge is -2.26. The predicted octanol–water partition coefficient (Wildman–Crippen LogP) is 5.15. The van der Waals surface area contributed by atoms with Gasteiger partial charge in [0.25, 0.3) is 10.0 Å². The van der Waals surface area contributed by atoms with Crippen LogP contribution in [0.2, 0.25) is 10.0 Å². The van der Waals surface area contributed by atoms with E-state index in [-0.39, 0.29) is 32.1 Å². The molecule has 1 amide bonds. The van der Waals surface area contributed by atoms with Gasteiger partial charge in [0.05, 0.1) is 40.5 Å². The molecule has 7 nitrogen and oxygen atoms in total. The number of aryl methyl sites for hydroxylation is 1. The van der Waals surface area contributed by atoms with E-state index in [1.807, 2.05) is 6.92 Å². The Bertz CT molecular complexity index is 1240. The monoisotopic (exact) mass is 508 g/mol. The molecule has 3 aromatic carbocycles. The number of amides is 1. The highest BCUT2D eigenvalue weighted by Crippen LogP contribution is 2.36. The van der Waals surface area contributed by atoms with Crippen molar-refractivity contribution < 1.29 is 22.7 Å².